The molecule has 0 amide bonds. The molecule has 1 aromatic rings. The normalized spacial score (nSPS) is 11.5. The Morgan fingerprint density at radius 1 is 1.41 bits per heavy atom. The Morgan fingerprint density at radius 3 is 2.64 bits per heavy atom. The van der Waals surface area contributed by atoms with E-state index in [2.05, 4.69) is 61.2 Å². The number of nitrogens with one attached hydrogen (secondary N) is 1. The molecule has 0 aromatic carbocycles. The predicted molar refractivity (Wildman–Crippen MR) is 105 cm³/mol. The fourth-order valence-corrected chi connectivity index (χ4v) is 2.31. The van der Waals surface area contributed by atoms with Crippen molar-refractivity contribution in [3.63, 3.8) is 0 Å². The van der Waals surface area contributed by atoms with Crippen molar-refractivity contribution in [3.8, 4) is 0 Å². The number of aryl methyl sites for hydroxylation is 1. The third-order valence-electron chi connectivity index (χ3n) is 3.36. The van der Waals surface area contributed by atoms with Gasteiger partial charge in [0, 0.05) is 45.5 Å². The first kappa shape index (κ1) is 21.2. The van der Waals surface area contributed by atoms with Crippen LogP contribution in [0.15, 0.2) is 11.2 Å². The van der Waals surface area contributed by atoms with Crippen molar-refractivity contribution in [3.05, 3.63) is 17.5 Å². The molecule has 128 valence electrons. The molecular weight excluding hydrogens is 389 g/mol. The van der Waals surface area contributed by atoms with Crippen LogP contribution in [0.3, 0.4) is 0 Å². The fraction of sp³-hybridized carbons (Fsp3) is 0.750. The SMILES string of the molecule is CCCCN=C(NCC)N(C)Cc1cn(C)nc1C(C)C.I. The van der Waals surface area contributed by atoms with E-state index in [0.717, 1.165) is 32.0 Å². The van der Waals surface area contributed by atoms with Crippen LogP contribution in [-0.2, 0) is 13.6 Å². The molecule has 6 heteroatoms. The van der Waals surface area contributed by atoms with Gasteiger partial charge in [-0.2, -0.15) is 5.10 Å². The molecular formula is C16H32IN5. The molecule has 0 unspecified atom stereocenters. The highest BCUT2D eigenvalue weighted by molar-refractivity contribution is 14.0. The quantitative estimate of drug-likeness (QED) is 0.318. The zero-order valence-corrected chi connectivity index (χ0v) is 17.2. The first-order valence-electron chi connectivity index (χ1n) is 8.01. The van der Waals surface area contributed by atoms with E-state index >= 15 is 0 Å². The lowest BCUT2D eigenvalue weighted by Gasteiger charge is -2.22. The van der Waals surface area contributed by atoms with Crippen molar-refractivity contribution in [1.29, 1.82) is 0 Å². The third-order valence-corrected chi connectivity index (χ3v) is 3.36. The van der Waals surface area contributed by atoms with Crippen molar-refractivity contribution >= 4 is 29.9 Å². The summed E-state index contributed by atoms with van der Waals surface area (Å²) in [4.78, 5) is 6.87. The first-order chi connectivity index (χ1) is 9.99. The van der Waals surface area contributed by atoms with Crippen LogP contribution >= 0.6 is 24.0 Å². The van der Waals surface area contributed by atoms with E-state index in [1.165, 1.54) is 17.7 Å². The van der Waals surface area contributed by atoms with Crippen molar-refractivity contribution in [2.45, 2.75) is 53.0 Å². The van der Waals surface area contributed by atoms with E-state index in [1.54, 1.807) is 0 Å². The summed E-state index contributed by atoms with van der Waals surface area (Å²) < 4.78 is 1.90. The van der Waals surface area contributed by atoms with Crippen LogP contribution in [0.4, 0.5) is 0 Å². The second-order valence-corrected chi connectivity index (χ2v) is 5.81. The lowest BCUT2D eigenvalue weighted by molar-refractivity contribution is 0.473. The molecule has 5 nitrogen and oxygen atoms in total. The van der Waals surface area contributed by atoms with Crippen molar-refractivity contribution < 1.29 is 0 Å². The smallest absolute Gasteiger partial charge is 0.193 e. The minimum absolute atomic E-state index is 0. The number of hydrogen-bond donors (Lipinski definition) is 1. The van der Waals surface area contributed by atoms with Gasteiger partial charge in [0.05, 0.1) is 5.69 Å². The highest BCUT2D eigenvalue weighted by Crippen LogP contribution is 2.18. The summed E-state index contributed by atoms with van der Waals surface area (Å²) >= 11 is 0. The van der Waals surface area contributed by atoms with Crippen LogP contribution in [0.2, 0.25) is 0 Å². The second-order valence-electron chi connectivity index (χ2n) is 5.81. The third kappa shape index (κ3) is 6.54. The molecule has 0 atom stereocenters. The summed E-state index contributed by atoms with van der Waals surface area (Å²) in [5.41, 5.74) is 2.45. The number of nitrogens with zero attached hydrogens (tertiary/aromatic N) is 4. The Morgan fingerprint density at radius 2 is 2.09 bits per heavy atom. The molecule has 0 saturated heterocycles. The Bertz CT molecular complexity index is 453. The van der Waals surface area contributed by atoms with Crippen LogP contribution in [0, 0.1) is 0 Å². The summed E-state index contributed by atoms with van der Waals surface area (Å²) in [6.07, 6.45) is 4.42. The number of aliphatic imine (C=N–C) groups is 1. The maximum atomic E-state index is 4.68. The second kappa shape index (κ2) is 10.9. The van der Waals surface area contributed by atoms with Crippen LogP contribution < -0.4 is 5.32 Å². The van der Waals surface area contributed by atoms with Gasteiger partial charge in [0.1, 0.15) is 0 Å². The first-order valence-corrected chi connectivity index (χ1v) is 8.01. The zero-order chi connectivity index (χ0) is 15.8. The van der Waals surface area contributed by atoms with Gasteiger partial charge in [-0.15, -0.1) is 24.0 Å². The van der Waals surface area contributed by atoms with Crippen LogP contribution in [0.1, 0.15) is 57.7 Å². The number of halogens is 1. The monoisotopic (exact) mass is 421 g/mol. The number of unbranched alkanes of at least 4 members (excludes halogenated alkanes) is 1. The highest BCUT2D eigenvalue weighted by atomic mass is 127. The number of hydrogen-bond acceptors (Lipinski definition) is 2. The van der Waals surface area contributed by atoms with Gasteiger partial charge in [-0.05, 0) is 19.3 Å². The summed E-state index contributed by atoms with van der Waals surface area (Å²) in [6.45, 7) is 11.3. The molecule has 0 aliphatic heterocycles. The van der Waals surface area contributed by atoms with E-state index in [4.69, 9.17) is 0 Å². The lowest BCUT2D eigenvalue weighted by Crippen LogP contribution is -2.38. The summed E-state index contributed by atoms with van der Waals surface area (Å²) in [6, 6.07) is 0. The Hall–Kier alpha value is -0.790. The van der Waals surface area contributed by atoms with Gasteiger partial charge >= 0.3 is 0 Å². The molecule has 1 heterocycles. The van der Waals surface area contributed by atoms with Gasteiger partial charge in [-0.25, -0.2) is 0 Å². The van der Waals surface area contributed by atoms with E-state index < -0.39 is 0 Å². The summed E-state index contributed by atoms with van der Waals surface area (Å²) in [7, 11) is 4.07. The predicted octanol–water partition coefficient (Wildman–Crippen LogP) is 3.36. The van der Waals surface area contributed by atoms with Gasteiger partial charge in [-0.3, -0.25) is 9.67 Å². The van der Waals surface area contributed by atoms with E-state index in [0.29, 0.717) is 5.92 Å². The van der Waals surface area contributed by atoms with Crippen LogP contribution in [-0.4, -0.2) is 40.8 Å². The van der Waals surface area contributed by atoms with E-state index in [1.807, 2.05) is 11.7 Å². The van der Waals surface area contributed by atoms with Crippen LogP contribution in [0.5, 0.6) is 0 Å². The molecule has 0 bridgehead atoms. The lowest BCUT2D eigenvalue weighted by atomic mass is 10.1. The number of aromatic nitrogens is 2. The molecule has 1 aromatic heterocycles. The number of rotatable bonds is 7. The molecule has 0 fully saturated rings. The molecule has 1 N–H and O–H groups in total. The van der Waals surface area contributed by atoms with Crippen molar-refractivity contribution in [1.82, 2.24) is 20.0 Å². The van der Waals surface area contributed by atoms with Gasteiger partial charge in [-0.1, -0.05) is 27.2 Å². The average molecular weight is 421 g/mol. The minimum atomic E-state index is 0. The topological polar surface area (TPSA) is 45.5 Å². The van der Waals surface area contributed by atoms with Gasteiger partial charge < -0.3 is 10.2 Å². The van der Waals surface area contributed by atoms with E-state index in [9.17, 15) is 0 Å². The Balaban J connectivity index is 0.00000441. The van der Waals surface area contributed by atoms with Gasteiger partial charge in [0.25, 0.3) is 0 Å². The van der Waals surface area contributed by atoms with Crippen molar-refractivity contribution in [2.24, 2.45) is 12.0 Å². The number of guanidine groups is 1. The highest BCUT2D eigenvalue weighted by Gasteiger charge is 2.14. The van der Waals surface area contributed by atoms with Gasteiger partial charge in [0.2, 0.25) is 0 Å². The minimum Gasteiger partial charge on any atom is -0.357 e. The molecule has 0 radical (unpaired) electrons. The van der Waals surface area contributed by atoms with E-state index in [-0.39, 0.29) is 24.0 Å². The zero-order valence-electron chi connectivity index (χ0n) is 14.9. The summed E-state index contributed by atoms with van der Waals surface area (Å²) in [5, 5.41) is 7.94. The molecule has 0 aliphatic carbocycles. The maximum absolute atomic E-state index is 4.68. The van der Waals surface area contributed by atoms with Crippen molar-refractivity contribution in [2.75, 3.05) is 20.1 Å². The molecule has 0 saturated carbocycles. The van der Waals surface area contributed by atoms with Gasteiger partial charge in [0.15, 0.2) is 5.96 Å². The standard InChI is InChI=1S/C16H31N5.HI/c1-7-9-10-18-16(17-8-2)20(5)11-14-12-21(6)19-15(14)13(3)4;/h12-13H,7-11H2,1-6H3,(H,17,18);1H. The molecule has 0 spiro atoms. The molecule has 22 heavy (non-hydrogen) atoms. The fourth-order valence-electron chi connectivity index (χ4n) is 2.31. The molecule has 1 rings (SSSR count). The largest absolute Gasteiger partial charge is 0.357 e. The Labute approximate surface area is 152 Å². The Kier molecular flexibility index (Phi) is 10.5. The average Bonchev–Trinajstić information content (AvgIpc) is 2.79. The maximum Gasteiger partial charge on any atom is 0.193 e. The van der Waals surface area contributed by atoms with Crippen LogP contribution in [0.25, 0.3) is 0 Å². The molecule has 0 aliphatic rings. The summed E-state index contributed by atoms with van der Waals surface area (Å²) in [5.74, 6) is 1.42.